The zero-order valence-electron chi connectivity index (χ0n) is 12.9. The van der Waals surface area contributed by atoms with E-state index >= 15 is 0 Å². The van der Waals surface area contributed by atoms with E-state index in [9.17, 15) is 4.79 Å². The molecule has 0 aliphatic rings. The fourth-order valence-corrected chi connectivity index (χ4v) is 2.03. The van der Waals surface area contributed by atoms with E-state index in [1.165, 1.54) is 0 Å². The van der Waals surface area contributed by atoms with Crippen molar-refractivity contribution >= 4 is 17.7 Å². The van der Waals surface area contributed by atoms with Crippen molar-refractivity contribution < 1.29 is 4.79 Å². The fraction of sp³-hybridized carbons (Fsp3) is 0.125. The number of hydrogen-bond acceptors (Lipinski definition) is 5. The molecule has 122 valence electrons. The van der Waals surface area contributed by atoms with E-state index in [0.29, 0.717) is 24.7 Å². The van der Waals surface area contributed by atoms with Gasteiger partial charge in [-0.25, -0.2) is 14.5 Å². The van der Waals surface area contributed by atoms with Crippen LogP contribution < -0.4 is 16.0 Å². The third-order valence-corrected chi connectivity index (χ3v) is 3.13. The van der Waals surface area contributed by atoms with Crippen molar-refractivity contribution in [2.45, 2.75) is 0 Å². The topological polar surface area (TPSA) is 96.8 Å². The predicted octanol–water partition coefficient (Wildman–Crippen LogP) is 1.90. The van der Waals surface area contributed by atoms with Crippen LogP contribution in [-0.2, 0) is 0 Å². The molecule has 0 atom stereocenters. The maximum atomic E-state index is 11.8. The summed E-state index contributed by atoms with van der Waals surface area (Å²) in [4.78, 5) is 19.9. The molecule has 0 spiro atoms. The largest absolute Gasteiger partial charge is 0.367 e. The second-order valence-electron chi connectivity index (χ2n) is 4.88. The van der Waals surface area contributed by atoms with Crippen molar-refractivity contribution in [3.05, 3.63) is 61.2 Å². The van der Waals surface area contributed by atoms with E-state index in [1.54, 1.807) is 35.5 Å². The minimum Gasteiger partial charge on any atom is -0.367 e. The number of para-hydroxylation sites is 1. The number of carbonyl (C=O) groups is 1. The van der Waals surface area contributed by atoms with Gasteiger partial charge in [-0.1, -0.05) is 18.2 Å². The first-order valence-electron chi connectivity index (χ1n) is 7.47. The molecule has 0 fully saturated rings. The Morgan fingerprint density at radius 2 is 1.92 bits per heavy atom. The van der Waals surface area contributed by atoms with Crippen molar-refractivity contribution in [2.24, 2.45) is 0 Å². The molecule has 0 aliphatic heterocycles. The number of benzene rings is 1. The van der Waals surface area contributed by atoms with E-state index in [1.807, 2.05) is 30.3 Å². The van der Waals surface area contributed by atoms with Crippen LogP contribution in [0.2, 0.25) is 0 Å². The summed E-state index contributed by atoms with van der Waals surface area (Å²) in [5.74, 6) is 1.15. The molecule has 0 radical (unpaired) electrons. The number of nitrogens with zero attached hydrogens (tertiary/aromatic N) is 4. The molecule has 2 heterocycles. The first-order chi connectivity index (χ1) is 11.8. The van der Waals surface area contributed by atoms with Crippen LogP contribution in [0.3, 0.4) is 0 Å². The van der Waals surface area contributed by atoms with Crippen molar-refractivity contribution in [1.29, 1.82) is 0 Å². The van der Waals surface area contributed by atoms with Gasteiger partial charge >= 0.3 is 6.03 Å². The molecule has 24 heavy (non-hydrogen) atoms. The highest BCUT2D eigenvalue weighted by Gasteiger charge is 2.05. The van der Waals surface area contributed by atoms with E-state index in [4.69, 9.17) is 0 Å². The number of aromatic nitrogens is 4. The van der Waals surface area contributed by atoms with E-state index < -0.39 is 0 Å². The van der Waals surface area contributed by atoms with Crippen LogP contribution in [0.15, 0.2) is 61.2 Å². The first-order valence-corrected chi connectivity index (χ1v) is 7.47. The average molecular weight is 323 g/mol. The van der Waals surface area contributed by atoms with Gasteiger partial charge in [-0.15, -0.1) is 5.10 Å². The highest BCUT2D eigenvalue weighted by molar-refractivity contribution is 5.88. The third kappa shape index (κ3) is 4.29. The van der Waals surface area contributed by atoms with Crippen LogP contribution in [0, 0.1) is 0 Å². The van der Waals surface area contributed by atoms with E-state index in [0.717, 1.165) is 5.69 Å². The summed E-state index contributed by atoms with van der Waals surface area (Å²) in [7, 11) is 0. The zero-order valence-corrected chi connectivity index (χ0v) is 12.9. The van der Waals surface area contributed by atoms with Gasteiger partial charge in [0.15, 0.2) is 5.82 Å². The monoisotopic (exact) mass is 323 g/mol. The standard InChI is InChI=1S/C16H17N7O/c24-16(20-10-9-19-15-12-17-7-8-18-15)21-14-6-11-23(22-14)13-4-2-1-3-5-13/h1-8,11-12H,9-10H2,(H,18,19)(H2,20,21,22,24). The van der Waals surface area contributed by atoms with Gasteiger partial charge < -0.3 is 10.6 Å². The van der Waals surface area contributed by atoms with Crippen LogP contribution >= 0.6 is 0 Å². The highest BCUT2D eigenvalue weighted by Crippen LogP contribution is 2.09. The van der Waals surface area contributed by atoms with Crippen LogP contribution in [-0.4, -0.2) is 38.9 Å². The Labute approximate surface area is 138 Å². The highest BCUT2D eigenvalue weighted by atomic mass is 16.2. The number of hydrogen-bond donors (Lipinski definition) is 3. The lowest BCUT2D eigenvalue weighted by atomic mass is 10.3. The number of anilines is 2. The molecule has 2 amide bonds. The molecule has 0 saturated carbocycles. The molecule has 3 rings (SSSR count). The number of amides is 2. The summed E-state index contributed by atoms with van der Waals surface area (Å²) < 4.78 is 1.70. The maximum Gasteiger partial charge on any atom is 0.320 e. The summed E-state index contributed by atoms with van der Waals surface area (Å²) in [6.07, 6.45) is 6.62. The minimum absolute atomic E-state index is 0.311. The Hall–Kier alpha value is -3.42. The van der Waals surface area contributed by atoms with Gasteiger partial charge in [-0.2, -0.15) is 0 Å². The molecule has 0 unspecified atom stereocenters. The van der Waals surface area contributed by atoms with E-state index in [2.05, 4.69) is 31.0 Å². The molecule has 0 saturated heterocycles. The summed E-state index contributed by atoms with van der Waals surface area (Å²) in [6.45, 7) is 0.992. The lowest BCUT2D eigenvalue weighted by molar-refractivity contribution is 0.252. The summed E-state index contributed by atoms with van der Waals surface area (Å²) in [5, 5.41) is 12.8. The Morgan fingerprint density at radius 3 is 2.71 bits per heavy atom. The molecular weight excluding hydrogens is 306 g/mol. The van der Waals surface area contributed by atoms with Gasteiger partial charge in [0.05, 0.1) is 11.9 Å². The quantitative estimate of drug-likeness (QED) is 0.602. The maximum absolute atomic E-state index is 11.8. The summed E-state index contributed by atoms with van der Waals surface area (Å²) >= 11 is 0. The van der Waals surface area contributed by atoms with Gasteiger partial charge in [0.2, 0.25) is 0 Å². The van der Waals surface area contributed by atoms with Gasteiger partial charge in [-0.3, -0.25) is 10.3 Å². The van der Waals surface area contributed by atoms with Crippen molar-refractivity contribution in [3.63, 3.8) is 0 Å². The Bertz CT molecular complexity index is 773. The lowest BCUT2D eigenvalue weighted by Crippen LogP contribution is -2.32. The zero-order chi connectivity index (χ0) is 16.6. The SMILES string of the molecule is O=C(NCCNc1cnccn1)Nc1ccn(-c2ccccc2)n1. The van der Waals surface area contributed by atoms with Crippen LogP contribution in [0.1, 0.15) is 0 Å². The molecule has 3 aromatic rings. The van der Waals surface area contributed by atoms with Crippen LogP contribution in [0.4, 0.5) is 16.4 Å². The smallest absolute Gasteiger partial charge is 0.320 e. The molecule has 3 N–H and O–H groups in total. The Kier molecular flexibility index (Phi) is 4.98. The number of urea groups is 1. The Balaban J connectivity index is 1.43. The third-order valence-electron chi connectivity index (χ3n) is 3.13. The molecule has 8 nitrogen and oxygen atoms in total. The van der Waals surface area contributed by atoms with Gasteiger partial charge in [0.25, 0.3) is 0 Å². The van der Waals surface area contributed by atoms with Gasteiger partial charge in [0, 0.05) is 37.7 Å². The van der Waals surface area contributed by atoms with Gasteiger partial charge in [-0.05, 0) is 12.1 Å². The van der Waals surface area contributed by atoms with Crippen LogP contribution in [0.5, 0.6) is 0 Å². The summed E-state index contributed by atoms with van der Waals surface area (Å²) in [6, 6.07) is 11.1. The van der Waals surface area contributed by atoms with Gasteiger partial charge in [0.1, 0.15) is 5.82 Å². The predicted molar refractivity (Wildman–Crippen MR) is 91.1 cm³/mol. The van der Waals surface area contributed by atoms with Crippen molar-refractivity contribution in [2.75, 3.05) is 23.7 Å². The second-order valence-corrected chi connectivity index (χ2v) is 4.88. The minimum atomic E-state index is -0.311. The molecule has 2 aromatic heterocycles. The first kappa shape index (κ1) is 15.5. The number of nitrogens with one attached hydrogen (secondary N) is 3. The van der Waals surface area contributed by atoms with Crippen LogP contribution in [0.25, 0.3) is 5.69 Å². The summed E-state index contributed by atoms with van der Waals surface area (Å²) in [5.41, 5.74) is 0.930. The number of rotatable bonds is 6. The lowest BCUT2D eigenvalue weighted by Gasteiger charge is -2.07. The molecular formula is C16H17N7O. The molecule has 8 heteroatoms. The second kappa shape index (κ2) is 7.73. The van der Waals surface area contributed by atoms with E-state index in [-0.39, 0.29) is 6.03 Å². The molecule has 0 bridgehead atoms. The fourth-order valence-electron chi connectivity index (χ4n) is 2.03. The Morgan fingerprint density at radius 1 is 1.04 bits per heavy atom. The average Bonchev–Trinajstić information content (AvgIpc) is 3.09. The van der Waals surface area contributed by atoms with Crippen molar-refractivity contribution in [3.8, 4) is 5.69 Å². The molecule has 0 aliphatic carbocycles. The normalized spacial score (nSPS) is 10.2. The molecule has 1 aromatic carbocycles. The number of carbonyl (C=O) groups excluding carboxylic acids is 1. The van der Waals surface area contributed by atoms with Crippen molar-refractivity contribution in [1.82, 2.24) is 25.1 Å².